The summed E-state index contributed by atoms with van der Waals surface area (Å²) in [5, 5.41) is 10.4. The molecule has 0 spiro atoms. The minimum Gasteiger partial charge on any atom is -0.393 e. The molecule has 0 amide bonds. The Balaban J connectivity index is 1.47. The van der Waals surface area contributed by atoms with Crippen molar-refractivity contribution < 1.29 is 9.84 Å². The third-order valence-corrected chi connectivity index (χ3v) is 6.22. The number of morpholine rings is 1. The zero-order chi connectivity index (χ0) is 18.1. The molecule has 3 heterocycles. The number of hydrogen-bond acceptors (Lipinski definition) is 6. The maximum Gasteiger partial charge on any atom is 0.225 e. The molecule has 5 atom stereocenters. The Hall–Kier alpha value is -1.24. The van der Waals surface area contributed by atoms with Crippen LogP contribution < -0.4 is 4.90 Å². The first-order valence-corrected chi connectivity index (χ1v) is 10.2. The molecule has 0 unspecified atom stereocenters. The first-order valence-electron chi connectivity index (χ1n) is 10.2. The maximum atomic E-state index is 10.4. The first-order chi connectivity index (χ1) is 12.6. The molecule has 26 heavy (non-hydrogen) atoms. The van der Waals surface area contributed by atoms with Crippen LogP contribution in [0.5, 0.6) is 0 Å². The van der Waals surface area contributed by atoms with Gasteiger partial charge in [0.15, 0.2) is 0 Å². The molecule has 6 nitrogen and oxygen atoms in total. The molecule has 2 aliphatic heterocycles. The van der Waals surface area contributed by atoms with Crippen LogP contribution in [0.3, 0.4) is 0 Å². The topological polar surface area (TPSA) is 61.7 Å². The number of aromatic nitrogens is 2. The van der Waals surface area contributed by atoms with Crippen molar-refractivity contribution in [1.29, 1.82) is 0 Å². The smallest absolute Gasteiger partial charge is 0.225 e. The molecule has 1 N–H and O–H groups in total. The summed E-state index contributed by atoms with van der Waals surface area (Å²) in [5.41, 5.74) is 1.09. The molecule has 0 radical (unpaired) electrons. The quantitative estimate of drug-likeness (QED) is 0.892. The van der Waals surface area contributed by atoms with Crippen LogP contribution in [0.1, 0.15) is 51.6 Å². The van der Waals surface area contributed by atoms with E-state index in [0.29, 0.717) is 12.0 Å². The highest BCUT2D eigenvalue weighted by atomic mass is 16.5. The molecule has 1 aliphatic carbocycles. The zero-order valence-electron chi connectivity index (χ0n) is 16.0. The van der Waals surface area contributed by atoms with Gasteiger partial charge in [-0.3, -0.25) is 4.90 Å². The largest absolute Gasteiger partial charge is 0.393 e. The lowest BCUT2D eigenvalue weighted by Crippen LogP contribution is -2.52. The Morgan fingerprint density at radius 1 is 1.15 bits per heavy atom. The Kier molecular flexibility index (Phi) is 5.43. The molecule has 144 valence electrons. The van der Waals surface area contributed by atoms with Crippen LogP contribution in [0.15, 0.2) is 12.3 Å². The summed E-state index contributed by atoms with van der Waals surface area (Å²) in [6.45, 7) is 7.72. The second kappa shape index (κ2) is 7.79. The number of likely N-dealkylation sites (tertiary alicyclic amines) is 1. The van der Waals surface area contributed by atoms with Crippen LogP contribution in [0.25, 0.3) is 0 Å². The summed E-state index contributed by atoms with van der Waals surface area (Å²) in [5.74, 6) is 1.27. The van der Waals surface area contributed by atoms with Gasteiger partial charge in [-0.25, -0.2) is 9.97 Å². The van der Waals surface area contributed by atoms with Gasteiger partial charge in [-0.05, 0) is 39.2 Å². The van der Waals surface area contributed by atoms with Crippen LogP contribution in [0.4, 0.5) is 5.95 Å². The Morgan fingerprint density at radius 2 is 1.92 bits per heavy atom. The number of nitrogens with zero attached hydrogens (tertiary/aromatic N) is 4. The van der Waals surface area contributed by atoms with Gasteiger partial charge < -0.3 is 14.7 Å². The molecular formula is C20H32N4O2. The molecule has 1 saturated carbocycles. The summed E-state index contributed by atoms with van der Waals surface area (Å²) in [7, 11) is 0. The van der Waals surface area contributed by atoms with E-state index in [1.54, 1.807) is 0 Å². The van der Waals surface area contributed by atoms with Gasteiger partial charge in [0.25, 0.3) is 0 Å². The van der Waals surface area contributed by atoms with E-state index in [9.17, 15) is 5.11 Å². The molecule has 2 saturated heterocycles. The third kappa shape index (κ3) is 3.87. The van der Waals surface area contributed by atoms with Gasteiger partial charge in [-0.1, -0.05) is 12.8 Å². The maximum absolute atomic E-state index is 10.4. The fraction of sp³-hybridized carbons (Fsp3) is 0.800. The van der Waals surface area contributed by atoms with Gasteiger partial charge in [0.05, 0.1) is 24.0 Å². The van der Waals surface area contributed by atoms with E-state index in [1.165, 1.54) is 25.7 Å². The molecule has 1 aromatic heterocycles. The molecule has 3 fully saturated rings. The standard InChI is InChI=1S/C20H32N4O2/c1-14-11-24(12-15(2)26-14)20-21-9-7-16(22-20)13-23-10-8-19(25)17-5-3-4-6-18(17)23/h7,9,14-15,17-19,25H,3-6,8,10-13H2,1-2H3/t14-,15+,17-,18-,19+/m1/s1. The molecule has 1 aromatic rings. The summed E-state index contributed by atoms with van der Waals surface area (Å²) in [4.78, 5) is 14.2. The average Bonchev–Trinajstić information content (AvgIpc) is 2.64. The van der Waals surface area contributed by atoms with E-state index < -0.39 is 0 Å². The van der Waals surface area contributed by atoms with Crippen molar-refractivity contribution in [3.63, 3.8) is 0 Å². The third-order valence-electron chi connectivity index (χ3n) is 6.22. The lowest BCUT2D eigenvalue weighted by Gasteiger charge is -2.46. The van der Waals surface area contributed by atoms with Crippen LogP contribution in [0, 0.1) is 5.92 Å². The van der Waals surface area contributed by atoms with Crippen molar-refractivity contribution in [3.8, 4) is 0 Å². The summed E-state index contributed by atoms with van der Waals surface area (Å²) >= 11 is 0. The number of anilines is 1. The van der Waals surface area contributed by atoms with Crippen molar-refractivity contribution in [1.82, 2.24) is 14.9 Å². The van der Waals surface area contributed by atoms with Gasteiger partial charge in [-0.2, -0.15) is 0 Å². The van der Waals surface area contributed by atoms with Crippen LogP contribution in [0.2, 0.25) is 0 Å². The number of aliphatic hydroxyl groups excluding tert-OH is 1. The number of fused-ring (bicyclic) bond motifs is 1. The summed E-state index contributed by atoms with van der Waals surface area (Å²) in [6, 6.07) is 2.55. The molecule has 3 aliphatic rings. The Bertz CT molecular complexity index is 603. The first kappa shape index (κ1) is 18.1. The number of hydrogen-bond donors (Lipinski definition) is 1. The van der Waals surface area contributed by atoms with E-state index in [-0.39, 0.29) is 18.3 Å². The van der Waals surface area contributed by atoms with Crippen molar-refractivity contribution in [2.75, 3.05) is 24.5 Å². The fourth-order valence-electron chi connectivity index (χ4n) is 5.09. The summed E-state index contributed by atoms with van der Waals surface area (Å²) in [6.07, 6.45) is 7.99. The fourth-order valence-corrected chi connectivity index (χ4v) is 5.09. The second-order valence-electron chi connectivity index (χ2n) is 8.35. The second-order valence-corrected chi connectivity index (χ2v) is 8.35. The zero-order valence-corrected chi connectivity index (χ0v) is 16.0. The normalized spacial score (nSPS) is 36.0. The van der Waals surface area contributed by atoms with Crippen molar-refractivity contribution in [3.05, 3.63) is 18.0 Å². The lowest BCUT2D eigenvalue weighted by molar-refractivity contribution is -0.0398. The minimum absolute atomic E-state index is 0.117. The lowest BCUT2D eigenvalue weighted by atomic mass is 9.76. The number of aliphatic hydroxyl groups is 1. The summed E-state index contributed by atoms with van der Waals surface area (Å²) < 4.78 is 5.83. The van der Waals surface area contributed by atoms with E-state index >= 15 is 0 Å². The van der Waals surface area contributed by atoms with Gasteiger partial charge in [0, 0.05) is 44.3 Å². The van der Waals surface area contributed by atoms with Crippen LogP contribution in [-0.4, -0.2) is 64.0 Å². The molecule has 4 rings (SSSR count). The van der Waals surface area contributed by atoms with Gasteiger partial charge in [0.2, 0.25) is 5.95 Å². The molecule has 0 aromatic carbocycles. The van der Waals surface area contributed by atoms with Crippen molar-refractivity contribution in [2.24, 2.45) is 5.92 Å². The Morgan fingerprint density at radius 3 is 2.73 bits per heavy atom. The predicted octanol–water partition coefficient (Wildman–Crippen LogP) is 2.22. The monoisotopic (exact) mass is 360 g/mol. The van der Waals surface area contributed by atoms with Crippen molar-refractivity contribution in [2.45, 2.75) is 76.9 Å². The van der Waals surface area contributed by atoms with Crippen LogP contribution in [-0.2, 0) is 11.3 Å². The van der Waals surface area contributed by atoms with E-state index in [2.05, 4.69) is 28.6 Å². The van der Waals surface area contributed by atoms with Gasteiger partial charge in [0.1, 0.15) is 0 Å². The number of ether oxygens (including phenoxy) is 1. The number of rotatable bonds is 3. The van der Waals surface area contributed by atoms with E-state index in [1.807, 2.05) is 12.3 Å². The van der Waals surface area contributed by atoms with E-state index in [0.717, 1.165) is 44.2 Å². The molecule has 6 heteroatoms. The highest BCUT2D eigenvalue weighted by molar-refractivity contribution is 5.31. The Labute approximate surface area is 156 Å². The van der Waals surface area contributed by atoms with Crippen LogP contribution >= 0.6 is 0 Å². The van der Waals surface area contributed by atoms with Gasteiger partial charge in [-0.15, -0.1) is 0 Å². The average molecular weight is 361 g/mol. The molecule has 0 bridgehead atoms. The predicted molar refractivity (Wildman–Crippen MR) is 101 cm³/mol. The SMILES string of the molecule is C[C@@H]1CN(c2nccc(CN3CC[C@H](O)[C@@H]4CCCC[C@H]43)n2)C[C@H](C)O1. The molecular weight excluding hydrogens is 328 g/mol. The highest BCUT2D eigenvalue weighted by Gasteiger charge is 2.38. The minimum atomic E-state index is -0.117. The number of piperidine rings is 1. The van der Waals surface area contributed by atoms with E-state index in [4.69, 9.17) is 9.72 Å². The van der Waals surface area contributed by atoms with Crippen molar-refractivity contribution >= 4 is 5.95 Å². The van der Waals surface area contributed by atoms with Gasteiger partial charge >= 0.3 is 0 Å². The highest BCUT2D eigenvalue weighted by Crippen LogP contribution is 2.36.